The van der Waals surface area contributed by atoms with Crippen LogP contribution in [-0.4, -0.2) is 84.1 Å². The van der Waals surface area contributed by atoms with Crippen LogP contribution < -0.4 is 0 Å². The maximum absolute atomic E-state index is 10.6. The van der Waals surface area contributed by atoms with Crippen LogP contribution in [0.3, 0.4) is 0 Å². The molecule has 1 rings (SSSR count). The minimum absolute atomic E-state index is 0. The summed E-state index contributed by atoms with van der Waals surface area (Å²) in [6, 6.07) is 0. The Labute approximate surface area is 162 Å². The average Bonchev–Trinajstić information content (AvgIpc) is 2.14. The normalized spacial score (nSPS) is 9.05. The summed E-state index contributed by atoms with van der Waals surface area (Å²) in [5, 5.41) is 50.3. The first kappa shape index (κ1) is 21.8. The number of nitro groups is 3. The molecule has 0 atom stereocenters. The molecule has 0 unspecified atom stereocenters. The zero-order valence-electron chi connectivity index (χ0n) is 10.1. The van der Waals surface area contributed by atoms with Gasteiger partial charge in [-0.15, -0.1) is 0 Å². The third-order valence-electron chi connectivity index (χ3n) is 1.86. The molecule has 0 fully saturated rings. The summed E-state index contributed by atoms with van der Waals surface area (Å²) in [6.07, 6.45) is 0. The van der Waals surface area contributed by atoms with Crippen molar-refractivity contribution in [3.63, 3.8) is 0 Å². The van der Waals surface area contributed by atoms with Crippen LogP contribution in [0, 0.1) is 30.3 Å². The molecule has 2 radical (unpaired) electrons. The Hall–Kier alpha value is -0.500. The van der Waals surface area contributed by atoms with Gasteiger partial charge in [-0.2, -0.15) is 0 Å². The molecule has 1 aromatic rings. The van der Waals surface area contributed by atoms with Crippen LogP contribution in [0.1, 0.15) is 0 Å². The van der Waals surface area contributed by atoms with Crippen LogP contribution in [0.15, 0.2) is 4.47 Å². The van der Waals surface area contributed by atoms with E-state index in [4.69, 9.17) is 0 Å². The fourth-order valence-corrected chi connectivity index (χ4v) is 1.83. The molecule has 0 heterocycles. The molecule has 0 aliphatic heterocycles. The first-order valence-electron chi connectivity index (χ1n) is 3.90. The molecule has 2 N–H and O–H groups in total. The zero-order valence-corrected chi connectivity index (χ0v) is 15.6. The molecule has 11 nitrogen and oxygen atoms in total. The van der Waals surface area contributed by atoms with Gasteiger partial charge in [-0.25, -0.2) is 0 Å². The molecule has 0 saturated heterocycles. The largest absolute Gasteiger partial charge is 0.497 e. The van der Waals surface area contributed by atoms with Gasteiger partial charge in [-0.05, 0) is 15.9 Å². The molecule has 20 heavy (non-hydrogen) atoms. The number of hydrogen-bond donors (Lipinski definition) is 2. The van der Waals surface area contributed by atoms with Crippen LogP contribution in [0.25, 0.3) is 0 Å². The quantitative estimate of drug-likeness (QED) is 0.447. The van der Waals surface area contributed by atoms with E-state index in [9.17, 15) is 40.6 Å². The SMILES string of the molecule is O=[N+]([O-])c1c(O)c([N+](=O)[O-])c(Br)c([N+](=O)[O-])c1O.[Na].[Na]. The van der Waals surface area contributed by atoms with Gasteiger partial charge in [-0.3, -0.25) is 30.3 Å². The van der Waals surface area contributed by atoms with Crippen molar-refractivity contribution in [2.24, 2.45) is 0 Å². The first-order chi connectivity index (χ1) is 8.20. The van der Waals surface area contributed by atoms with E-state index in [0.29, 0.717) is 0 Å². The molecular weight excluding hydrogens is 368 g/mol. The Kier molecular flexibility index (Phi) is 8.79. The van der Waals surface area contributed by atoms with E-state index in [2.05, 4.69) is 15.9 Å². The van der Waals surface area contributed by atoms with Gasteiger partial charge in [0.1, 0.15) is 0 Å². The molecule has 0 bridgehead atoms. The molecule has 0 amide bonds. The van der Waals surface area contributed by atoms with E-state index >= 15 is 0 Å². The number of nitrogens with zero attached hydrogens (tertiary/aromatic N) is 3. The molecule has 0 aliphatic rings. The van der Waals surface area contributed by atoms with Crippen molar-refractivity contribution in [3.05, 3.63) is 34.8 Å². The number of nitro benzene ring substituents is 3. The number of benzene rings is 1. The summed E-state index contributed by atoms with van der Waals surface area (Å²) in [5.41, 5.74) is -4.05. The van der Waals surface area contributed by atoms with Gasteiger partial charge >= 0.3 is 17.1 Å². The van der Waals surface area contributed by atoms with Gasteiger partial charge in [0.15, 0.2) is 4.47 Å². The Balaban J connectivity index is 0. The van der Waals surface area contributed by atoms with Crippen LogP contribution in [0.4, 0.5) is 17.1 Å². The van der Waals surface area contributed by atoms with Crippen molar-refractivity contribution in [2.45, 2.75) is 0 Å². The smallest absolute Gasteiger partial charge is 0.366 e. The molecule has 0 spiro atoms. The molecule has 14 heteroatoms. The van der Waals surface area contributed by atoms with Crippen molar-refractivity contribution < 1.29 is 25.0 Å². The predicted octanol–water partition coefficient (Wildman–Crippen LogP) is 0.823. The van der Waals surface area contributed by atoms with Crippen molar-refractivity contribution in [1.82, 2.24) is 0 Å². The summed E-state index contributed by atoms with van der Waals surface area (Å²) < 4.78 is -0.863. The Morgan fingerprint density at radius 2 is 1.00 bits per heavy atom. The van der Waals surface area contributed by atoms with E-state index in [1.807, 2.05) is 0 Å². The predicted molar refractivity (Wildman–Crippen MR) is 68.9 cm³/mol. The number of phenolic OH excluding ortho intramolecular Hbond substituents is 2. The Morgan fingerprint density at radius 3 is 1.20 bits per heavy atom. The standard InChI is InChI=1S/C6H2BrN3O8.2Na/c7-1-2(8(13)14)5(11)4(10(17)18)6(12)3(1)9(15)16;;/h11-12H;;. The Morgan fingerprint density at radius 1 is 0.750 bits per heavy atom. The number of rotatable bonds is 3. The van der Waals surface area contributed by atoms with Crippen molar-refractivity contribution in [2.75, 3.05) is 0 Å². The molecule has 0 aromatic heterocycles. The second kappa shape index (κ2) is 8.07. The molecular formula is C6H2BrN3Na2O8. The minimum Gasteiger partial charge on any atom is -0.497 e. The summed E-state index contributed by atoms with van der Waals surface area (Å²) >= 11 is 2.44. The second-order valence-electron chi connectivity index (χ2n) is 2.83. The van der Waals surface area contributed by atoms with Crippen molar-refractivity contribution >= 4 is 92.1 Å². The average molecular weight is 370 g/mol. The van der Waals surface area contributed by atoms with E-state index < -0.39 is 47.8 Å². The van der Waals surface area contributed by atoms with E-state index in [0.717, 1.165) is 0 Å². The molecule has 0 aliphatic carbocycles. The fourth-order valence-electron chi connectivity index (χ4n) is 1.16. The molecule has 0 saturated carbocycles. The van der Waals surface area contributed by atoms with Gasteiger partial charge in [0.25, 0.3) is 11.5 Å². The summed E-state index contributed by atoms with van der Waals surface area (Å²) in [4.78, 5) is 27.8. The van der Waals surface area contributed by atoms with Gasteiger partial charge in [0.2, 0.25) is 0 Å². The van der Waals surface area contributed by atoms with Crippen molar-refractivity contribution in [3.8, 4) is 11.5 Å². The second-order valence-corrected chi connectivity index (χ2v) is 3.62. The van der Waals surface area contributed by atoms with E-state index in [1.54, 1.807) is 0 Å². The van der Waals surface area contributed by atoms with E-state index in [-0.39, 0.29) is 59.1 Å². The zero-order chi connectivity index (χ0) is 14.2. The molecule has 98 valence electrons. The number of hydrogen-bond acceptors (Lipinski definition) is 8. The summed E-state index contributed by atoms with van der Waals surface area (Å²) in [5.74, 6) is -2.94. The van der Waals surface area contributed by atoms with Crippen LogP contribution in [0.2, 0.25) is 0 Å². The maximum Gasteiger partial charge on any atom is 0.366 e. The third kappa shape index (κ3) is 3.78. The number of aromatic hydroxyl groups is 2. The monoisotopic (exact) mass is 369 g/mol. The summed E-state index contributed by atoms with van der Waals surface area (Å²) in [7, 11) is 0. The number of phenols is 2. The first-order valence-corrected chi connectivity index (χ1v) is 4.70. The van der Waals surface area contributed by atoms with Crippen LogP contribution in [0.5, 0.6) is 11.5 Å². The van der Waals surface area contributed by atoms with Gasteiger partial charge in [0.05, 0.1) is 14.8 Å². The van der Waals surface area contributed by atoms with Crippen LogP contribution in [-0.2, 0) is 0 Å². The topological polar surface area (TPSA) is 170 Å². The third-order valence-corrected chi connectivity index (χ3v) is 2.61. The Bertz CT molecular complexity index is 492. The van der Waals surface area contributed by atoms with Crippen LogP contribution >= 0.6 is 15.9 Å². The fraction of sp³-hybridized carbons (Fsp3) is 0. The summed E-state index contributed by atoms with van der Waals surface area (Å²) in [6.45, 7) is 0. The molecule has 1 aromatic carbocycles. The number of halogens is 1. The van der Waals surface area contributed by atoms with Gasteiger partial charge < -0.3 is 10.2 Å². The minimum atomic E-state index is -1.50. The van der Waals surface area contributed by atoms with E-state index in [1.165, 1.54) is 0 Å². The maximum atomic E-state index is 10.6. The van der Waals surface area contributed by atoms with Gasteiger partial charge in [0, 0.05) is 59.1 Å². The van der Waals surface area contributed by atoms with Gasteiger partial charge in [-0.1, -0.05) is 0 Å². The van der Waals surface area contributed by atoms with Crippen molar-refractivity contribution in [1.29, 1.82) is 0 Å².